The topological polar surface area (TPSA) is 66.7 Å². The quantitative estimate of drug-likeness (QED) is 0.579. The Morgan fingerprint density at radius 3 is 2.44 bits per heavy atom. The third-order valence-electron chi connectivity index (χ3n) is 4.41. The molecule has 0 spiro atoms. The summed E-state index contributed by atoms with van der Waals surface area (Å²) in [5.74, 6) is -0.167. The molecular formula is C18H18BrN3O3. The SMILES string of the molecule is Cc1ccccc1N1CCN(C(=O)c2ccc(Br)c([N+](=O)[O-])c2)CC1. The Morgan fingerprint density at radius 2 is 1.80 bits per heavy atom. The van der Waals surface area contributed by atoms with Gasteiger partial charge in [-0.15, -0.1) is 0 Å². The molecule has 7 heteroatoms. The zero-order valence-electron chi connectivity index (χ0n) is 13.8. The number of hydrogen-bond acceptors (Lipinski definition) is 4. The second kappa shape index (κ2) is 7.23. The molecule has 1 amide bonds. The predicted octanol–water partition coefficient (Wildman–Crippen LogP) is 3.63. The summed E-state index contributed by atoms with van der Waals surface area (Å²) in [5, 5.41) is 11.0. The lowest BCUT2D eigenvalue weighted by Crippen LogP contribution is -2.49. The van der Waals surface area contributed by atoms with E-state index in [0.29, 0.717) is 23.1 Å². The summed E-state index contributed by atoms with van der Waals surface area (Å²) in [6, 6.07) is 12.7. The number of nitrogens with zero attached hydrogens (tertiary/aromatic N) is 3. The molecule has 0 aliphatic carbocycles. The van der Waals surface area contributed by atoms with E-state index in [1.807, 2.05) is 12.1 Å². The maximum absolute atomic E-state index is 12.7. The molecule has 6 nitrogen and oxygen atoms in total. The first-order chi connectivity index (χ1) is 12.0. The molecule has 130 valence electrons. The number of benzene rings is 2. The molecule has 0 bridgehead atoms. The number of carbonyl (C=O) groups is 1. The van der Waals surface area contributed by atoms with Crippen molar-refractivity contribution in [2.45, 2.75) is 6.92 Å². The van der Waals surface area contributed by atoms with Crippen molar-refractivity contribution >= 4 is 33.2 Å². The molecule has 0 aromatic heterocycles. The maximum Gasteiger partial charge on any atom is 0.284 e. The summed E-state index contributed by atoms with van der Waals surface area (Å²) in [6.45, 7) is 4.76. The molecule has 1 heterocycles. The fourth-order valence-corrected chi connectivity index (χ4v) is 3.43. The average Bonchev–Trinajstić information content (AvgIpc) is 2.62. The lowest BCUT2D eigenvalue weighted by atomic mass is 10.1. The van der Waals surface area contributed by atoms with Crippen LogP contribution in [-0.2, 0) is 0 Å². The van der Waals surface area contributed by atoms with Crippen molar-refractivity contribution in [3.63, 3.8) is 0 Å². The van der Waals surface area contributed by atoms with Crippen molar-refractivity contribution in [3.05, 3.63) is 68.2 Å². The van der Waals surface area contributed by atoms with E-state index in [1.165, 1.54) is 17.3 Å². The molecule has 0 atom stereocenters. The Labute approximate surface area is 154 Å². The third kappa shape index (κ3) is 3.66. The number of nitro benzene ring substituents is 1. The summed E-state index contributed by atoms with van der Waals surface area (Å²) in [5.41, 5.74) is 2.66. The van der Waals surface area contributed by atoms with Gasteiger partial charge >= 0.3 is 0 Å². The van der Waals surface area contributed by atoms with E-state index in [9.17, 15) is 14.9 Å². The molecule has 0 radical (unpaired) electrons. The number of carbonyl (C=O) groups excluding carboxylic acids is 1. The van der Waals surface area contributed by atoms with Crippen LogP contribution >= 0.6 is 15.9 Å². The zero-order chi connectivity index (χ0) is 18.0. The van der Waals surface area contributed by atoms with E-state index in [-0.39, 0.29) is 11.6 Å². The van der Waals surface area contributed by atoms with Gasteiger partial charge in [0, 0.05) is 43.5 Å². The van der Waals surface area contributed by atoms with Gasteiger partial charge in [0.2, 0.25) is 0 Å². The van der Waals surface area contributed by atoms with Gasteiger partial charge in [0.15, 0.2) is 0 Å². The number of amides is 1. The summed E-state index contributed by atoms with van der Waals surface area (Å²) in [6.07, 6.45) is 0. The van der Waals surface area contributed by atoms with Gasteiger partial charge in [-0.3, -0.25) is 14.9 Å². The highest BCUT2D eigenvalue weighted by atomic mass is 79.9. The number of para-hydroxylation sites is 1. The van der Waals surface area contributed by atoms with Crippen molar-refractivity contribution in [2.75, 3.05) is 31.1 Å². The van der Waals surface area contributed by atoms with E-state index in [1.54, 1.807) is 17.0 Å². The number of halogens is 1. The minimum absolute atomic E-state index is 0.0932. The highest BCUT2D eigenvalue weighted by molar-refractivity contribution is 9.10. The van der Waals surface area contributed by atoms with Gasteiger partial charge < -0.3 is 9.80 Å². The van der Waals surface area contributed by atoms with Gasteiger partial charge in [0.1, 0.15) is 0 Å². The predicted molar refractivity (Wildman–Crippen MR) is 100 cm³/mol. The average molecular weight is 404 g/mol. The Morgan fingerprint density at radius 1 is 1.12 bits per heavy atom. The second-order valence-corrected chi connectivity index (χ2v) is 6.84. The van der Waals surface area contributed by atoms with Crippen LogP contribution in [0.3, 0.4) is 0 Å². The minimum atomic E-state index is -0.489. The number of anilines is 1. The van der Waals surface area contributed by atoms with E-state index in [0.717, 1.165) is 13.1 Å². The summed E-state index contributed by atoms with van der Waals surface area (Å²) >= 11 is 3.14. The van der Waals surface area contributed by atoms with E-state index >= 15 is 0 Å². The Balaban J connectivity index is 1.71. The van der Waals surface area contributed by atoms with Crippen LogP contribution in [0.15, 0.2) is 46.9 Å². The highest BCUT2D eigenvalue weighted by Crippen LogP contribution is 2.27. The van der Waals surface area contributed by atoms with Crippen LogP contribution < -0.4 is 4.90 Å². The summed E-state index contributed by atoms with van der Waals surface area (Å²) in [7, 11) is 0. The largest absolute Gasteiger partial charge is 0.368 e. The van der Waals surface area contributed by atoms with Crippen molar-refractivity contribution in [2.24, 2.45) is 0 Å². The molecule has 25 heavy (non-hydrogen) atoms. The van der Waals surface area contributed by atoms with Crippen LogP contribution in [0.5, 0.6) is 0 Å². The van der Waals surface area contributed by atoms with Crippen molar-refractivity contribution in [1.29, 1.82) is 0 Å². The molecule has 0 N–H and O–H groups in total. The molecule has 2 aromatic carbocycles. The first-order valence-corrected chi connectivity index (χ1v) is 8.80. The molecule has 0 unspecified atom stereocenters. The fourth-order valence-electron chi connectivity index (χ4n) is 3.04. The number of hydrogen-bond donors (Lipinski definition) is 0. The third-order valence-corrected chi connectivity index (χ3v) is 5.08. The first kappa shape index (κ1) is 17.4. The van der Waals surface area contributed by atoms with Crippen LogP contribution in [0.1, 0.15) is 15.9 Å². The number of rotatable bonds is 3. The normalized spacial score (nSPS) is 14.5. The van der Waals surface area contributed by atoms with Gasteiger partial charge in [-0.2, -0.15) is 0 Å². The van der Waals surface area contributed by atoms with Gasteiger partial charge in [0.05, 0.1) is 9.40 Å². The number of aryl methyl sites for hydroxylation is 1. The van der Waals surface area contributed by atoms with Crippen LogP contribution in [0.25, 0.3) is 0 Å². The molecule has 0 saturated carbocycles. The highest BCUT2D eigenvalue weighted by Gasteiger charge is 2.24. The number of piperazine rings is 1. The van der Waals surface area contributed by atoms with Crippen LogP contribution in [0, 0.1) is 17.0 Å². The molecule has 2 aromatic rings. The number of nitro groups is 1. The molecule has 1 aliphatic rings. The summed E-state index contributed by atoms with van der Waals surface area (Å²) in [4.78, 5) is 27.2. The molecule has 3 rings (SSSR count). The molecule has 1 fully saturated rings. The van der Waals surface area contributed by atoms with Gasteiger partial charge in [-0.25, -0.2) is 0 Å². The zero-order valence-corrected chi connectivity index (χ0v) is 15.4. The smallest absolute Gasteiger partial charge is 0.284 e. The molecule has 1 saturated heterocycles. The van der Waals surface area contributed by atoms with Gasteiger partial charge in [-0.1, -0.05) is 18.2 Å². The second-order valence-electron chi connectivity index (χ2n) is 5.99. The van der Waals surface area contributed by atoms with E-state index in [4.69, 9.17) is 0 Å². The standard InChI is InChI=1S/C18H18BrN3O3/c1-13-4-2-3-5-16(13)20-8-10-21(11-9-20)18(23)14-6-7-15(19)17(12-14)22(24)25/h2-7,12H,8-11H2,1H3. The van der Waals surface area contributed by atoms with Gasteiger partial charge in [-0.05, 0) is 46.6 Å². The fraction of sp³-hybridized carbons (Fsp3) is 0.278. The first-order valence-electron chi connectivity index (χ1n) is 8.01. The van der Waals surface area contributed by atoms with Crippen molar-refractivity contribution in [1.82, 2.24) is 4.90 Å². The van der Waals surface area contributed by atoms with E-state index in [2.05, 4.69) is 39.9 Å². The molecule has 1 aliphatic heterocycles. The molecular weight excluding hydrogens is 386 g/mol. The monoisotopic (exact) mass is 403 g/mol. The maximum atomic E-state index is 12.7. The van der Waals surface area contributed by atoms with Crippen molar-refractivity contribution < 1.29 is 9.72 Å². The Bertz CT molecular complexity index is 817. The van der Waals surface area contributed by atoms with Crippen LogP contribution in [0.4, 0.5) is 11.4 Å². The van der Waals surface area contributed by atoms with Crippen LogP contribution in [-0.4, -0.2) is 41.9 Å². The minimum Gasteiger partial charge on any atom is -0.368 e. The van der Waals surface area contributed by atoms with Crippen LogP contribution in [0.2, 0.25) is 0 Å². The Kier molecular flexibility index (Phi) is 5.03. The van der Waals surface area contributed by atoms with Crippen molar-refractivity contribution in [3.8, 4) is 0 Å². The Hall–Kier alpha value is -2.41. The van der Waals surface area contributed by atoms with E-state index < -0.39 is 4.92 Å². The lowest BCUT2D eigenvalue weighted by Gasteiger charge is -2.36. The lowest BCUT2D eigenvalue weighted by molar-refractivity contribution is -0.385. The van der Waals surface area contributed by atoms with Gasteiger partial charge in [0.25, 0.3) is 11.6 Å². The summed E-state index contributed by atoms with van der Waals surface area (Å²) < 4.78 is 0.374.